The fourth-order valence-electron chi connectivity index (χ4n) is 3.74. The van der Waals surface area contributed by atoms with Crippen LogP contribution >= 0.6 is 0 Å². The van der Waals surface area contributed by atoms with Crippen LogP contribution in [0.15, 0.2) is 66.7 Å². The molecule has 0 saturated heterocycles. The third kappa shape index (κ3) is 4.08. The quantitative estimate of drug-likeness (QED) is 0.451. The summed E-state index contributed by atoms with van der Waals surface area (Å²) in [6, 6.07) is 20.9. The SMILES string of the molecule is COc1cccc(-c2cc(C(=O)Nc3ccccc3OC)c3cc(C)cc(C)c3n2)c1. The van der Waals surface area contributed by atoms with Crippen molar-refractivity contribution in [1.29, 1.82) is 0 Å². The second-order valence-corrected chi connectivity index (χ2v) is 7.42. The average Bonchev–Trinajstić information content (AvgIpc) is 2.78. The van der Waals surface area contributed by atoms with E-state index in [1.807, 2.05) is 74.5 Å². The molecule has 1 heterocycles. The molecule has 5 nitrogen and oxygen atoms in total. The number of benzene rings is 3. The Hall–Kier alpha value is -3.86. The van der Waals surface area contributed by atoms with Gasteiger partial charge in [0.1, 0.15) is 11.5 Å². The van der Waals surface area contributed by atoms with E-state index < -0.39 is 0 Å². The third-order valence-electron chi connectivity index (χ3n) is 5.21. The zero-order valence-corrected chi connectivity index (χ0v) is 18.0. The van der Waals surface area contributed by atoms with Crippen LogP contribution < -0.4 is 14.8 Å². The minimum Gasteiger partial charge on any atom is -0.497 e. The Morgan fingerprint density at radius 2 is 1.71 bits per heavy atom. The predicted molar refractivity (Wildman–Crippen MR) is 124 cm³/mol. The van der Waals surface area contributed by atoms with Crippen molar-refractivity contribution >= 4 is 22.5 Å². The van der Waals surface area contributed by atoms with E-state index in [1.54, 1.807) is 14.2 Å². The van der Waals surface area contributed by atoms with Crippen LogP contribution in [0.3, 0.4) is 0 Å². The van der Waals surface area contributed by atoms with Gasteiger partial charge in [0.2, 0.25) is 0 Å². The van der Waals surface area contributed by atoms with Crippen LogP contribution in [-0.4, -0.2) is 25.1 Å². The number of rotatable bonds is 5. The van der Waals surface area contributed by atoms with E-state index >= 15 is 0 Å². The summed E-state index contributed by atoms with van der Waals surface area (Å²) in [5, 5.41) is 3.81. The third-order valence-corrected chi connectivity index (χ3v) is 5.21. The molecular weight excluding hydrogens is 388 g/mol. The van der Waals surface area contributed by atoms with Crippen molar-refractivity contribution < 1.29 is 14.3 Å². The lowest BCUT2D eigenvalue weighted by Crippen LogP contribution is -2.14. The predicted octanol–water partition coefficient (Wildman–Crippen LogP) is 5.79. The molecule has 1 aromatic heterocycles. The van der Waals surface area contributed by atoms with Crippen molar-refractivity contribution in [2.24, 2.45) is 0 Å². The van der Waals surface area contributed by atoms with Gasteiger partial charge in [-0.05, 0) is 55.8 Å². The molecule has 0 aliphatic heterocycles. The van der Waals surface area contributed by atoms with Gasteiger partial charge in [0.25, 0.3) is 5.91 Å². The number of amides is 1. The number of methoxy groups -OCH3 is 2. The van der Waals surface area contributed by atoms with Crippen molar-refractivity contribution in [3.8, 4) is 22.8 Å². The maximum Gasteiger partial charge on any atom is 0.256 e. The summed E-state index contributed by atoms with van der Waals surface area (Å²) in [5.74, 6) is 1.13. The number of para-hydroxylation sites is 2. The van der Waals surface area contributed by atoms with E-state index in [1.165, 1.54) is 0 Å². The van der Waals surface area contributed by atoms with E-state index in [2.05, 4.69) is 11.4 Å². The summed E-state index contributed by atoms with van der Waals surface area (Å²) in [5.41, 5.74) is 5.67. The smallest absolute Gasteiger partial charge is 0.256 e. The van der Waals surface area contributed by atoms with Crippen LogP contribution in [0, 0.1) is 13.8 Å². The van der Waals surface area contributed by atoms with Crippen LogP contribution in [0.1, 0.15) is 21.5 Å². The van der Waals surface area contributed by atoms with Gasteiger partial charge in [-0.25, -0.2) is 4.98 Å². The van der Waals surface area contributed by atoms with Gasteiger partial charge < -0.3 is 14.8 Å². The van der Waals surface area contributed by atoms with Gasteiger partial charge in [-0.1, -0.05) is 35.9 Å². The molecule has 156 valence electrons. The van der Waals surface area contributed by atoms with E-state index in [0.29, 0.717) is 22.7 Å². The molecule has 0 spiro atoms. The van der Waals surface area contributed by atoms with Gasteiger partial charge >= 0.3 is 0 Å². The van der Waals surface area contributed by atoms with Crippen LogP contribution in [0.2, 0.25) is 0 Å². The summed E-state index contributed by atoms with van der Waals surface area (Å²) >= 11 is 0. The Balaban J connectivity index is 1.89. The van der Waals surface area contributed by atoms with Gasteiger partial charge in [0, 0.05) is 10.9 Å². The molecule has 0 radical (unpaired) electrons. The lowest BCUT2D eigenvalue weighted by atomic mass is 9.99. The second kappa shape index (κ2) is 8.48. The molecule has 4 aromatic rings. The molecule has 31 heavy (non-hydrogen) atoms. The summed E-state index contributed by atoms with van der Waals surface area (Å²) in [6.45, 7) is 4.03. The standard InChI is InChI=1S/C26H24N2O3/c1-16-12-17(2)25-20(13-16)21(26(29)28-22-10-5-6-11-24(22)31-4)15-23(27-25)18-8-7-9-19(14-18)30-3/h5-15H,1-4H3,(H,28,29). The van der Waals surface area contributed by atoms with E-state index in [4.69, 9.17) is 14.5 Å². The molecule has 0 bridgehead atoms. The first kappa shape index (κ1) is 20.4. The fraction of sp³-hybridized carbons (Fsp3) is 0.154. The molecule has 0 aliphatic rings. The van der Waals surface area contributed by atoms with Crippen molar-refractivity contribution in [3.63, 3.8) is 0 Å². The molecular formula is C26H24N2O3. The first-order valence-electron chi connectivity index (χ1n) is 10.0. The monoisotopic (exact) mass is 412 g/mol. The topological polar surface area (TPSA) is 60.5 Å². The van der Waals surface area contributed by atoms with Gasteiger partial charge in [-0.3, -0.25) is 4.79 Å². The van der Waals surface area contributed by atoms with Crippen molar-refractivity contribution in [1.82, 2.24) is 4.98 Å². The number of carbonyl (C=O) groups excluding carboxylic acids is 1. The van der Waals surface area contributed by atoms with Crippen molar-refractivity contribution in [2.75, 3.05) is 19.5 Å². The number of ether oxygens (including phenoxy) is 2. The maximum atomic E-state index is 13.4. The van der Waals surface area contributed by atoms with Crippen LogP contribution in [0.5, 0.6) is 11.5 Å². The number of nitrogens with one attached hydrogen (secondary N) is 1. The number of aryl methyl sites for hydroxylation is 2. The molecule has 0 unspecified atom stereocenters. The normalized spacial score (nSPS) is 10.7. The van der Waals surface area contributed by atoms with Crippen LogP contribution in [0.25, 0.3) is 22.2 Å². The molecule has 0 saturated carbocycles. The summed E-state index contributed by atoms with van der Waals surface area (Å²) in [6.07, 6.45) is 0. The van der Waals surface area contributed by atoms with Gasteiger partial charge in [0.15, 0.2) is 0 Å². The molecule has 1 N–H and O–H groups in total. The highest BCUT2D eigenvalue weighted by Gasteiger charge is 2.17. The number of fused-ring (bicyclic) bond motifs is 1. The van der Waals surface area contributed by atoms with Crippen molar-refractivity contribution in [2.45, 2.75) is 13.8 Å². The van der Waals surface area contributed by atoms with Crippen molar-refractivity contribution in [3.05, 3.63) is 83.4 Å². The Morgan fingerprint density at radius 1 is 0.903 bits per heavy atom. The Labute approximate surface area is 181 Å². The molecule has 1 amide bonds. The summed E-state index contributed by atoms with van der Waals surface area (Å²) < 4.78 is 10.7. The minimum absolute atomic E-state index is 0.217. The highest BCUT2D eigenvalue weighted by molar-refractivity contribution is 6.14. The first-order valence-corrected chi connectivity index (χ1v) is 10.0. The van der Waals surface area contributed by atoms with Crippen LogP contribution in [0.4, 0.5) is 5.69 Å². The van der Waals surface area contributed by atoms with Crippen LogP contribution in [-0.2, 0) is 0 Å². The lowest BCUT2D eigenvalue weighted by Gasteiger charge is -2.14. The Morgan fingerprint density at radius 3 is 2.48 bits per heavy atom. The fourth-order valence-corrected chi connectivity index (χ4v) is 3.74. The second-order valence-electron chi connectivity index (χ2n) is 7.42. The molecule has 3 aromatic carbocycles. The summed E-state index contributed by atoms with van der Waals surface area (Å²) in [7, 11) is 3.21. The molecule has 4 rings (SSSR count). The van der Waals surface area contributed by atoms with Gasteiger partial charge in [-0.2, -0.15) is 0 Å². The Kier molecular flexibility index (Phi) is 5.58. The average molecular weight is 412 g/mol. The van der Waals surface area contributed by atoms with E-state index in [-0.39, 0.29) is 5.91 Å². The maximum absolute atomic E-state index is 13.4. The zero-order chi connectivity index (χ0) is 22.0. The number of aromatic nitrogens is 1. The minimum atomic E-state index is -0.217. The van der Waals surface area contributed by atoms with E-state index in [9.17, 15) is 4.79 Å². The number of nitrogens with zero attached hydrogens (tertiary/aromatic N) is 1. The molecule has 0 aliphatic carbocycles. The number of hydrogen-bond donors (Lipinski definition) is 1. The summed E-state index contributed by atoms with van der Waals surface area (Å²) in [4.78, 5) is 18.3. The number of anilines is 1. The number of pyridine rings is 1. The van der Waals surface area contributed by atoms with Gasteiger partial charge in [0.05, 0.1) is 36.7 Å². The largest absolute Gasteiger partial charge is 0.497 e. The zero-order valence-electron chi connectivity index (χ0n) is 18.0. The number of carbonyl (C=O) groups is 1. The van der Waals surface area contributed by atoms with Gasteiger partial charge in [-0.15, -0.1) is 0 Å². The molecule has 0 fully saturated rings. The highest BCUT2D eigenvalue weighted by atomic mass is 16.5. The number of hydrogen-bond acceptors (Lipinski definition) is 4. The molecule has 0 atom stereocenters. The highest BCUT2D eigenvalue weighted by Crippen LogP contribution is 2.31. The molecule has 5 heteroatoms. The first-order chi connectivity index (χ1) is 15.0. The van der Waals surface area contributed by atoms with E-state index in [0.717, 1.165) is 33.3 Å². The Bertz CT molecular complexity index is 1280. The lowest BCUT2D eigenvalue weighted by molar-refractivity contribution is 0.102.